The van der Waals surface area contributed by atoms with Crippen LogP contribution in [-0.2, 0) is 17.3 Å². The van der Waals surface area contributed by atoms with Gasteiger partial charge in [0.15, 0.2) is 0 Å². The van der Waals surface area contributed by atoms with Gasteiger partial charge in [-0.3, -0.25) is 0 Å². The Morgan fingerprint density at radius 2 is 1.45 bits per heavy atom. The minimum Gasteiger partial charge on any atom is -0.393 e. The molecule has 0 aromatic heterocycles. The van der Waals surface area contributed by atoms with Crippen molar-refractivity contribution in [3.05, 3.63) is 34.9 Å². The standard InChI is InChI=1S/C21H34O/c1-20(2,3)17-12-15(13-18(14-17)21(4,5)6)10-11-16-8-7-9-19(16)22/h12-14,16,19,22H,7-11H2,1-6H3/t16-,19+/m0/s1. The van der Waals surface area contributed by atoms with E-state index in [2.05, 4.69) is 59.7 Å². The molecule has 0 unspecified atom stereocenters. The first-order chi connectivity index (χ1) is 10.1. The van der Waals surface area contributed by atoms with Crippen LogP contribution in [-0.4, -0.2) is 11.2 Å². The molecule has 0 radical (unpaired) electrons. The first-order valence-electron chi connectivity index (χ1n) is 8.90. The van der Waals surface area contributed by atoms with Gasteiger partial charge in [-0.1, -0.05) is 66.2 Å². The van der Waals surface area contributed by atoms with Gasteiger partial charge in [0.25, 0.3) is 0 Å². The highest BCUT2D eigenvalue weighted by atomic mass is 16.3. The molecule has 124 valence electrons. The summed E-state index contributed by atoms with van der Waals surface area (Å²) in [6.07, 6.45) is 5.55. The Labute approximate surface area is 137 Å². The molecule has 1 aromatic carbocycles. The van der Waals surface area contributed by atoms with Crippen molar-refractivity contribution in [1.29, 1.82) is 0 Å². The van der Waals surface area contributed by atoms with Crippen molar-refractivity contribution in [1.82, 2.24) is 0 Å². The maximum Gasteiger partial charge on any atom is 0.0568 e. The van der Waals surface area contributed by atoms with Gasteiger partial charge in [-0.05, 0) is 59.1 Å². The molecule has 2 rings (SSSR count). The van der Waals surface area contributed by atoms with E-state index in [0.29, 0.717) is 5.92 Å². The second-order valence-corrected chi connectivity index (χ2v) is 9.22. The molecule has 2 atom stereocenters. The molecular formula is C21H34O. The minimum absolute atomic E-state index is 0.0621. The minimum atomic E-state index is -0.0621. The third-order valence-corrected chi connectivity index (χ3v) is 5.15. The van der Waals surface area contributed by atoms with Crippen LogP contribution >= 0.6 is 0 Å². The molecule has 1 nitrogen and oxygen atoms in total. The quantitative estimate of drug-likeness (QED) is 0.795. The summed E-state index contributed by atoms with van der Waals surface area (Å²) in [6, 6.07) is 7.15. The van der Waals surface area contributed by atoms with Gasteiger partial charge in [0, 0.05) is 0 Å². The van der Waals surface area contributed by atoms with Gasteiger partial charge in [0.2, 0.25) is 0 Å². The fourth-order valence-corrected chi connectivity index (χ4v) is 3.41. The molecule has 1 aliphatic carbocycles. The zero-order valence-corrected chi connectivity index (χ0v) is 15.4. The van der Waals surface area contributed by atoms with Crippen LogP contribution in [0.25, 0.3) is 0 Å². The van der Waals surface area contributed by atoms with Crippen LogP contribution in [0.3, 0.4) is 0 Å². The molecule has 0 spiro atoms. The maximum absolute atomic E-state index is 10.0. The zero-order chi connectivity index (χ0) is 16.5. The van der Waals surface area contributed by atoms with Gasteiger partial charge in [-0.2, -0.15) is 0 Å². The van der Waals surface area contributed by atoms with E-state index in [9.17, 15) is 5.11 Å². The first kappa shape index (κ1) is 17.5. The number of benzene rings is 1. The molecule has 1 N–H and O–H groups in total. The van der Waals surface area contributed by atoms with Crippen molar-refractivity contribution < 1.29 is 5.11 Å². The number of hydrogen-bond acceptors (Lipinski definition) is 1. The summed E-state index contributed by atoms with van der Waals surface area (Å²) in [5.74, 6) is 0.511. The topological polar surface area (TPSA) is 20.2 Å². The average molecular weight is 303 g/mol. The zero-order valence-electron chi connectivity index (χ0n) is 15.4. The SMILES string of the molecule is CC(C)(C)c1cc(CC[C@@H]2CCC[C@H]2O)cc(C(C)(C)C)c1. The molecule has 0 saturated heterocycles. The van der Waals surface area contributed by atoms with Gasteiger partial charge in [0.05, 0.1) is 6.10 Å². The highest BCUT2D eigenvalue weighted by molar-refractivity contribution is 5.37. The highest BCUT2D eigenvalue weighted by Crippen LogP contribution is 2.33. The average Bonchev–Trinajstić information content (AvgIpc) is 2.79. The van der Waals surface area contributed by atoms with E-state index < -0.39 is 0 Å². The molecule has 1 saturated carbocycles. The molecule has 0 amide bonds. The number of aryl methyl sites for hydroxylation is 1. The Morgan fingerprint density at radius 1 is 0.909 bits per heavy atom. The Morgan fingerprint density at radius 3 is 1.86 bits per heavy atom. The Bertz CT molecular complexity index is 469. The summed E-state index contributed by atoms with van der Waals surface area (Å²) in [7, 11) is 0. The Balaban J connectivity index is 2.22. The van der Waals surface area contributed by atoms with Crippen LogP contribution < -0.4 is 0 Å². The Hall–Kier alpha value is -0.820. The van der Waals surface area contributed by atoms with Crippen molar-refractivity contribution in [3.8, 4) is 0 Å². The van der Waals surface area contributed by atoms with Crippen LogP contribution in [0.4, 0.5) is 0 Å². The number of aliphatic hydroxyl groups excluding tert-OH is 1. The second-order valence-electron chi connectivity index (χ2n) is 9.22. The van der Waals surface area contributed by atoms with Crippen molar-refractivity contribution >= 4 is 0 Å². The smallest absolute Gasteiger partial charge is 0.0568 e. The van der Waals surface area contributed by atoms with E-state index in [0.717, 1.165) is 19.3 Å². The van der Waals surface area contributed by atoms with Gasteiger partial charge >= 0.3 is 0 Å². The highest BCUT2D eigenvalue weighted by Gasteiger charge is 2.25. The van der Waals surface area contributed by atoms with Gasteiger partial charge in [-0.15, -0.1) is 0 Å². The van der Waals surface area contributed by atoms with E-state index in [4.69, 9.17) is 0 Å². The van der Waals surface area contributed by atoms with E-state index in [1.54, 1.807) is 0 Å². The normalized spacial score (nSPS) is 23.0. The van der Waals surface area contributed by atoms with E-state index in [1.807, 2.05) is 0 Å². The number of rotatable bonds is 3. The summed E-state index contributed by atoms with van der Waals surface area (Å²) in [6.45, 7) is 13.7. The first-order valence-corrected chi connectivity index (χ1v) is 8.90. The maximum atomic E-state index is 10.0. The molecule has 0 bridgehead atoms. The third kappa shape index (κ3) is 4.35. The molecule has 0 aliphatic heterocycles. The number of hydrogen-bond donors (Lipinski definition) is 1. The lowest BCUT2D eigenvalue weighted by Crippen LogP contribution is -2.18. The fraction of sp³-hybridized carbons (Fsp3) is 0.714. The lowest BCUT2D eigenvalue weighted by Gasteiger charge is -2.26. The molecule has 1 aliphatic rings. The van der Waals surface area contributed by atoms with Crippen LogP contribution in [0.2, 0.25) is 0 Å². The van der Waals surface area contributed by atoms with Gasteiger partial charge in [-0.25, -0.2) is 0 Å². The van der Waals surface area contributed by atoms with E-state index >= 15 is 0 Å². The monoisotopic (exact) mass is 302 g/mol. The Kier molecular flexibility index (Phi) is 5.06. The summed E-state index contributed by atoms with van der Waals surface area (Å²) < 4.78 is 0. The summed E-state index contributed by atoms with van der Waals surface area (Å²) in [5.41, 5.74) is 4.67. The van der Waals surface area contributed by atoms with Crippen molar-refractivity contribution in [2.45, 2.75) is 90.6 Å². The predicted octanol–water partition coefficient (Wildman–Crippen LogP) is 5.38. The van der Waals surface area contributed by atoms with Gasteiger partial charge < -0.3 is 5.11 Å². The lowest BCUT2D eigenvalue weighted by molar-refractivity contribution is 0.128. The third-order valence-electron chi connectivity index (χ3n) is 5.15. The van der Waals surface area contributed by atoms with Crippen LogP contribution in [0.15, 0.2) is 18.2 Å². The van der Waals surface area contributed by atoms with Crippen LogP contribution in [0, 0.1) is 5.92 Å². The van der Waals surface area contributed by atoms with E-state index in [-0.39, 0.29) is 16.9 Å². The van der Waals surface area contributed by atoms with Gasteiger partial charge in [0.1, 0.15) is 0 Å². The van der Waals surface area contributed by atoms with Crippen LogP contribution in [0.5, 0.6) is 0 Å². The van der Waals surface area contributed by atoms with Crippen molar-refractivity contribution in [2.24, 2.45) is 5.92 Å². The molecule has 1 aromatic rings. The van der Waals surface area contributed by atoms with Crippen LogP contribution in [0.1, 0.15) is 83.9 Å². The molecule has 22 heavy (non-hydrogen) atoms. The fourth-order valence-electron chi connectivity index (χ4n) is 3.41. The second kappa shape index (κ2) is 6.35. The summed E-state index contributed by atoms with van der Waals surface area (Å²) >= 11 is 0. The molecule has 1 heteroatoms. The molecular weight excluding hydrogens is 268 g/mol. The van der Waals surface area contributed by atoms with Crippen molar-refractivity contribution in [3.63, 3.8) is 0 Å². The lowest BCUT2D eigenvalue weighted by atomic mass is 9.79. The predicted molar refractivity (Wildman–Crippen MR) is 95.5 cm³/mol. The molecule has 1 fully saturated rings. The largest absolute Gasteiger partial charge is 0.393 e. The summed E-state index contributed by atoms with van der Waals surface area (Å²) in [4.78, 5) is 0. The van der Waals surface area contributed by atoms with Crippen molar-refractivity contribution in [2.75, 3.05) is 0 Å². The number of aliphatic hydroxyl groups is 1. The van der Waals surface area contributed by atoms with E-state index in [1.165, 1.54) is 29.5 Å². The molecule has 0 heterocycles. The summed E-state index contributed by atoms with van der Waals surface area (Å²) in [5, 5.41) is 10.0.